The molecule has 2 aliphatic rings. The third-order valence-corrected chi connectivity index (χ3v) is 6.39. The van der Waals surface area contributed by atoms with E-state index in [1.807, 2.05) is 6.07 Å². The summed E-state index contributed by atoms with van der Waals surface area (Å²) >= 11 is 0. The quantitative estimate of drug-likeness (QED) is 0.850. The molecule has 2 aliphatic heterocycles. The second kappa shape index (κ2) is 6.08. The Kier molecular flexibility index (Phi) is 4.35. The van der Waals surface area contributed by atoms with Crippen LogP contribution in [0.1, 0.15) is 37.5 Å². The van der Waals surface area contributed by atoms with E-state index in [2.05, 4.69) is 0 Å². The van der Waals surface area contributed by atoms with E-state index >= 15 is 0 Å². The van der Waals surface area contributed by atoms with Gasteiger partial charge in [-0.15, -0.1) is 0 Å². The van der Waals surface area contributed by atoms with Gasteiger partial charge in [-0.05, 0) is 37.8 Å². The Hall–Kier alpha value is -0.890. The smallest absolute Gasteiger partial charge is 0.282 e. The summed E-state index contributed by atoms with van der Waals surface area (Å²) in [6.45, 7) is 1.58. The van der Waals surface area contributed by atoms with Crippen LogP contribution in [0.25, 0.3) is 0 Å². The number of furan rings is 1. The molecule has 0 N–H and O–H groups in total. The second-order valence-corrected chi connectivity index (χ2v) is 7.53. The van der Waals surface area contributed by atoms with Crippen molar-refractivity contribution < 1.29 is 17.6 Å². The molecule has 3 rings (SSSR count). The number of ether oxygens (including phenoxy) is 1. The minimum absolute atomic E-state index is 0.00168. The van der Waals surface area contributed by atoms with Crippen molar-refractivity contribution in [1.82, 2.24) is 8.61 Å². The summed E-state index contributed by atoms with van der Waals surface area (Å²) in [7, 11) is -1.81. The molecule has 1 aromatic rings. The van der Waals surface area contributed by atoms with E-state index < -0.39 is 10.2 Å². The van der Waals surface area contributed by atoms with Gasteiger partial charge in [-0.3, -0.25) is 0 Å². The van der Waals surface area contributed by atoms with Crippen LogP contribution < -0.4 is 0 Å². The number of rotatable bonds is 4. The molecule has 0 unspecified atom stereocenters. The summed E-state index contributed by atoms with van der Waals surface area (Å²) in [4.78, 5) is 0. The molecule has 6 nitrogen and oxygen atoms in total. The van der Waals surface area contributed by atoms with Gasteiger partial charge in [0, 0.05) is 26.7 Å². The van der Waals surface area contributed by atoms with E-state index in [9.17, 15) is 8.42 Å². The normalized spacial score (nSPS) is 29.0. The number of hydrogen-bond donors (Lipinski definition) is 0. The van der Waals surface area contributed by atoms with Crippen molar-refractivity contribution in [1.29, 1.82) is 0 Å². The molecule has 2 atom stereocenters. The van der Waals surface area contributed by atoms with Crippen molar-refractivity contribution in [2.75, 3.05) is 26.7 Å². The number of methoxy groups -OCH3 is 1. The standard InChI is InChI=1S/C14H22N2O4S/c1-19-12-5-2-8-15(11-12)21(17,18)16-9-3-6-13(16)14-7-4-10-20-14/h4,7,10,12-13H,2-3,5-6,8-9,11H2,1H3/t12-,13+/m0/s1. The van der Waals surface area contributed by atoms with E-state index in [0.717, 1.165) is 31.4 Å². The lowest BCUT2D eigenvalue weighted by atomic mass is 10.1. The zero-order valence-electron chi connectivity index (χ0n) is 12.3. The van der Waals surface area contributed by atoms with Gasteiger partial charge in [0.15, 0.2) is 0 Å². The largest absolute Gasteiger partial charge is 0.468 e. The van der Waals surface area contributed by atoms with Gasteiger partial charge in [-0.2, -0.15) is 17.0 Å². The second-order valence-electron chi connectivity index (χ2n) is 5.65. The molecule has 0 bridgehead atoms. The lowest BCUT2D eigenvalue weighted by Gasteiger charge is -2.35. The average molecular weight is 314 g/mol. The first-order valence-corrected chi connectivity index (χ1v) is 8.85. The molecular weight excluding hydrogens is 292 g/mol. The molecule has 21 heavy (non-hydrogen) atoms. The highest BCUT2D eigenvalue weighted by Gasteiger charge is 2.41. The molecule has 118 valence electrons. The Labute approximate surface area is 125 Å². The van der Waals surface area contributed by atoms with Crippen LogP contribution in [-0.4, -0.2) is 49.9 Å². The van der Waals surface area contributed by atoms with Crippen molar-refractivity contribution in [2.45, 2.75) is 37.8 Å². The van der Waals surface area contributed by atoms with Gasteiger partial charge in [-0.1, -0.05) is 0 Å². The van der Waals surface area contributed by atoms with Crippen LogP contribution >= 0.6 is 0 Å². The van der Waals surface area contributed by atoms with E-state index in [1.54, 1.807) is 28.0 Å². The van der Waals surface area contributed by atoms with Crippen molar-refractivity contribution in [3.63, 3.8) is 0 Å². The van der Waals surface area contributed by atoms with Gasteiger partial charge >= 0.3 is 0 Å². The molecule has 0 saturated carbocycles. The van der Waals surface area contributed by atoms with Crippen molar-refractivity contribution in [2.24, 2.45) is 0 Å². The van der Waals surface area contributed by atoms with Crippen LogP contribution in [0.2, 0.25) is 0 Å². The fourth-order valence-corrected chi connectivity index (χ4v) is 5.14. The predicted octanol–water partition coefficient (Wildman–Crippen LogP) is 1.77. The van der Waals surface area contributed by atoms with Gasteiger partial charge in [-0.25, -0.2) is 0 Å². The van der Waals surface area contributed by atoms with Crippen LogP contribution in [-0.2, 0) is 14.9 Å². The van der Waals surface area contributed by atoms with Crippen LogP contribution in [0.4, 0.5) is 0 Å². The van der Waals surface area contributed by atoms with Gasteiger partial charge < -0.3 is 9.15 Å². The molecule has 1 aromatic heterocycles. The van der Waals surface area contributed by atoms with E-state index in [-0.39, 0.29) is 12.1 Å². The fraction of sp³-hybridized carbons (Fsp3) is 0.714. The Balaban J connectivity index is 1.80. The monoisotopic (exact) mass is 314 g/mol. The van der Waals surface area contributed by atoms with Crippen LogP contribution in [0.5, 0.6) is 0 Å². The van der Waals surface area contributed by atoms with Gasteiger partial charge in [0.1, 0.15) is 5.76 Å². The molecule has 0 radical (unpaired) electrons. The molecule has 0 aliphatic carbocycles. The minimum atomic E-state index is -3.45. The summed E-state index contributed by atoms with van der Waals surface area (Å²) in [5.41, 5.74) is 0. The molecule has 3 heterocycles. The van der Waals surface area contributed by atoms with Gasteiger partial charge in [0.05, 0.1) is 18.4 Å². The SMILES string of the molecule is CO[C@H]1CCCN(S(=O)(=O)N2CCC[C@@H]2c2ccco2)C1. The predicted molar refractivity (Wildman–Crippen MR) is 77.9 cm³/mol. The maximum Gasteiger partial charge on any atom is 0.282 e. The first kappa shape index (κ1) is 15.0. The Bertz CT molecular complexity index is 558. The van der Waals surface area contributed by atoms with E-state index in [0.29, 0.717) is 19.6 Å². The molecule has 0 spiro atoms. The molecule has 2 fully saturated rings. The zero-order valence-corrected chi connectivity index (χ0v) is 13.1. The maximum absolute atomic E-state index is 12.9. The molecule has 0 aromatic carbocycles. The van der Waals surface area contributed by atoms with Gasteiger partial charge in [0.2, 0.25) is 0 Å². The summed E-state index contributed by atoms with van der Waals surface area (Å²) in [5, 5.41) is 0. The van der Waals surface area contributed by atoms with Crippen molar-refractivity contribution >= 4 is 10.2 Å². The first-order valence-electron chi connectivity index (χ1n) is 7.46. The average Bonchev–Trinajstić information content (AvgIpc) is 3.17. The Morgan fingerprint density at radius 1 is 1.29 bits per heavy atom. The van der Waals surface area contributed by atoms with E-state index in [4.69, 9.17) is 9.15 Å². The summed E-state index contributed by atoms with van der Waals surface area (Å²) in [6, 6.07) is 3.49. The highest BCUT2D eigenvalue weighted by atomic mass is 32.2. The van der Waals surface area contributed by atoms with Crippen molar-refractivity contribution in [3.05, 3.63) is 24.2 Å². The highest BCUT2D eigenvalue weighted by Crippen LogP contribution is 2.36. The van der Waals surface area contributed by atoms with Crippen LogP contribution in [0.15, 0.2) is 22.8 Å². The Morgan fingerprint density at radius 3 is 2.81 bits per heavy atom. The zero-order chi connectivity index (χ0) is 14.9. The number of piperidine rings is 1. The van der Waals surface area contributed by atoms with Crippen molar-refractivity contribution in [3.8, 4) is 0 Å². The highest BCUT2D eigenvalue weighted by molar-refractivity contribution is 7.86. The lowest BCUT2D eigenvalue weighted by molar-refractivity contribution is 0.0550. The van der Waals surface area contributed by atoms with E-state index in [1.165, 1.54) is 0 Å². The topological polar surface area (TPSA) is 63.0 Å². The molecule has 0 amide bonds. The molecule has 7 heteroatoms. The number of hydrogen-bond acceptors (Lipinski definition) is 4. The minimum Gasteiger partial charge on any atom is -0.468 e. The van der Waals surface area contributed by atoms with Gasteiger partial charge in [0.25, 0.3) is 10.2 Å². The number of nitrogens with zero attached hydrogens (tertiary/aromatic N) is 2. The fourth-order valence-electron chi connectivity index (χ4n) is 3.24. The Morgan fingerprint density at radius 2 is 2.10 bits per heavy atom. The molecule has 2 saturated heterocycles. The maximum atomic E-state index is 12.9. The van der Waals surface area contributed by atoms with Crippen LogP contribution in [0.3, 0.4) is 0 Å². The first-order chi connectivity index (χ1) is 10.1. The summed E-state index contributed by atoms with van der Waals surface area (Å²) in [5.74, 6) is 0.733. The summed E-state index contributed by atoms with van der Waals surface area (Å²) < 4.78 is 39.7. The molecular formula is C14H22N2O4S. The third-order valence-electron chi connectivity index (χ3n) is 4.37. The third kappa shape index (κ3) is 2.88. The summed E-state index contributed by atoms with van der Waals surface area (Å²) in [6.07, 6.45) is 5.04. The van der Waals surface area contributed by atoms with Crippen LogP contribution in [0, 0.1) is 0 Å². The lowest BCUT2D eigenvalue weighted by Crippen LogP contribution is -2.49.